The molecule has 0 spiro atoms. The van der Waals surface area contributed by atoms with Crippen LogP contribution in [0.3, 0.4) is 0 Å². The van der Waals surface area contributed by atoms with E-state index in [0.717, 1.165) is 19.4 Å². The Labute approximate surface area is 101 Å². The maximum Gasteiger partial charge on any atom is 0.323 e. The van der Waals surface area contributed by atoms with E-state index in [-0.39, 0.29) is 24.5 Å². The van der Waals surface area contributed by atoms with Crippen molar-refractivity contribution < 1.29 is 14.3 Å². The van der Waals surface area contributed by atoms with Gasteiger partial charge in [-0.25, -0.2) is 0 Å². The van der Waals surface area contributed by atoms with Crippen LogP contribution in [0, 0.1) is 11.3 Å². The number of ether oxygens (including phenoxy) is 1. The number of carbonyl (C=O) groups excluding carboxylic acids is 2. The van der Waals surface area contributed by atoms with Gasteiger partial charge in [0.15, 0.2) is 0 Å². The molecular formula is C11H17N3O3. The van der Waals surface area contributed by atoms with Gasteiger partial charge in [0.2, 0.25) is 5.91 Å². The number of hydrogen-bond acceptors (Lipinski definition) is 5. The third-order valence-electron chi connectivity index (χ3n) is 2.74. The van der Waals surface area contributed by atoms with Gasteiger partial charge in [0.1, 0.15) is 6.04 Å². The van der Waals surface area contributed by atoms with Crippen LogP contribution in [0.5, 0.6) is 0 Å². The smallest absolute Gasteiger partial charge is 0.323 e. The molecule has 0 aliphatic carbocycles. The lowest BCUT2D eigenvalue weighted by Crippen LogP contribution is -2.43. The third-order valence-corrected chi connectivity index (χ3v) is 2.74. The fraction of sp³-hybridized carbons (Fsp3) is 0.727. The van der Waals surface area contributed by atoms with Crippen molar-refractivity contribution >= 4 is 11.9 Å². The summed E-state index contributed by atoms with van der Waals surface area (Å²) < 4.78 is 4.69. The second-order valence-corrected chi connectivity index (χ2v) is 3.91. The van der Waals surface area contributed by atoms with Crippen molar-refractivity contribution in [1.29, 1.82) is 5.26 Å². The molecule has 1 heterocycles. The van der Waals surface area contributed by atoms with Gasteiger partial charge in [-0.2, -0.15) is 5.26 Å². The average Bonchev–Trinajstić information content (AvgIpc) is 2.76. The molecule has 1 unspecified atom stereocenters. The van der Waals surface area contributed by atoms with Gasteiger partial charge >= 0.3 is 5.97 Å². The number of nitrogens with zero attached hydrogens (tertiary/aromatic N) is 2. The first-order valence-corrected chi connectivity index (χ1v) is 5.64. The summed E-state index contributed by atoms with van der Waals surface area (Å²) in [7, 11) is 1.35. The van der Waals surface area contributed by atoms with Crippen LogP contribution in [0.25, 0.3) is 0 Å². The molecule has 0 aromatic carbocycles. The van der Waals surface area contributed by atoms with Gasteiger partial charge in [-0.15, -0.1) is 0 Å². The number of likely N-dealkylation sites (tertiary alicyclic amines) is 1. The van der Waals surface area contributed by atoms with E-state index >= 15 is 0 Å². The Bertz CT molecular complexity index is 324. The van der Waals surface area contributed by atoms with Crippen LogP contribution in [0.1, 0.15) is 19.3 Å². The van der Waals surface area contributed by atoms with Crippen LogP contribution in [0.2, 0.25) is 0 Å². The van der Waals surface area contributed by atoms with E-state index in [9.17, 15) is 9.59 Å². The molecule has 1 atom stereocenters. The van der Waals surface area contributed by atoms with Crippen molar-refractivity contribution in [2.45, 2.75) is 25.3 Å². The van der Waals surface area contributed by atoms with E-state index in [2.05, 4.69) is 10.1 Å². The van der Waals surface area contributed by atoms with Crippen molar-refractivity contribution in [3.8, 4) is 6.07 Å². The molecule has 17 heavy (non-hydrogen) atoms. The first-order chi connectivity index (χ1) is 8.19. The average molecular weight is 239 g/mol. The maximum absolute atomic E-state index is 11.5. The molecular weight excluding hydrogens is 222 g/mol. The van der Waals surface area contributed by atoms with E-state index in [1.165, 1.54) is 7.11 Å². The Morgan fingerprint density at radius 1 is 1.59 bits per heavy atom. The standard InChI is InChI=1S/C11H17N3O3/c1-17-11(16)9-4-2-7-14(9)8-10(15)13-6-3-5-12/h9H,2-4,6-8H2,1H3,(H,13,15). The molecule has 6 nitrogen and oxygen atoms in total. The molecule has 1 fully saturated rings. The quantitative estimate of drug-likeness (QED) is 0.524. The normalized spacial score (nSPS) is 19.6. The first kappa shape index (κ1) is 13.5. The predicted octanol–water partition coefficient (Wildman–Crippen LogP) is -0.346. The summed E-state index contributed by atoms with van der Waals surface area (Å²) in [5.74, 6) is -0.441. The minimum absolute atomic E-state index is 0.156. The molecule has 1 rings (SSSR count). The summed E-state index contributed by atoms with van der Waals surface area (Å²) in [6.45, 7) is 1.27. The Morgan fingerprint density at radius 2 is 2.35 bits per heavy atom. The lowest BCUT2D eigenvalue weighted by Gasteiger charge is -2.21. The van der Waals surface area contributed by atoms with E-state index in [0.29, 0.717) is 13.0 Å². The van der Waals surface area contributed by atoms with Gasteiger partial charge in [0.05, 0.1) is 26.1 Å². The second-order valence-electron chi connectivity index (χ2n) is 3.91. The first-order valence-electron chi connectivity index (χ1n) is 5.64. The minimum Gasteiger partial charge on any atom is -0.468 e. The minimum atomic E-state index is -0.304. The molecule has 1 aliphatic rings. The largest absolute Gasteiger partial charge is 0.468 e. The zero-order chi connectivity index (χ0) is 12.7. The van der Waals surface area contributed by atoms with E-state index in [1.807, 2.05) is 11.0 Å². The van der Waals surface area contributed by atoms with Crippen LogP contribution < -0.4 is 5.32 Å². The summed E-state index contributed by atoms with van der Waals surface area (Å²) in [5, 5.41) is 11.0. The van der Waals surface area contributed by atoms with Gasteiger partial charge in [-0.1, -0.05) is 0 Å². The predicted molar refractivity (Wildman–Crippen MR) is 59.9 cm³/mol. The zero-order valence-corrected chi connectivity index (χ0v) is 9.94. The molecule has 0 aromatic rings. The number of carbonyl (C=O) groups is 2. The molecule has 94 valence electrons. The van der Waals surface area contributed by atoms with Crippen molar-refractivity contribution in [2.75, 3.05) is 26.7 Å². The van der Waals surface area contributed by atoms with Gasteiger partial charge in [0, 0.05) is 6.54 Å². The lowest BCUT2D eigenvalue weighted by molar-refractivity contribution is -0.146. The number of amides is 1. The van der Waals surface area contributed by atoms with Crippen LogP contribution in [-0.4, -0.2) is 49.6 Å². The van der Waals surface area contributed by atoms with E-state index in [4.69, 9.17) is 5.26 Å². The molecule has 1 N–H and O–H groups in total. The Kier molecular flexibility index (Phi) is 5.43. The molecule has 0 radical (unpaired) electrons. The van der Waals surface area contributed by atoms with Crippen LogP contribution in [0.15, 0.2) is 0 Å². The zero-order valence-electron chi connectivity index (χ0n) is 9.94. The highest BCUT2D eigenvalue weighted by Crippen LogP contribution is 2.17. The van der Waals surface area contributed by atoms with Crippen molar-refractivity contribution in [3.63, 3.8) is 0 Å². The third kappa shape index (κ3) is 4.04. The molecule has 1 amide bonds. The molecule has 0 bridgehead atoms. The van der Waals surface area contributed by atoms with Gasteiger partial charge in [0.25, 0.3) is 0 Å². The fourth-order valence-electron chi connectivity index (χ4n) is 1.92. The molecule has 0 aromatic heterocycles. The summed E-state index contributed by atoms with van der Waals surface area (Å²) in [4.78, 5) is 24.8. The highest BCUT2D eigenvalue weighted by Gasteiger charge is 2.32. The Hall–Kier alpha value is -1.61. The van der Waals surface area contributed by atoms with Crippen LogP contribution >= 0.6 is 0 Å². The summed E-state index contributed by atoms with van der Waals surface area (Å²) in [6, 6.07) is 1.65. The second kappa shape index (κ2) is 6.86. The van der Waals surface area contributed by atoms with Crippen molar-refractivity contribution in [1.82, 2.24) is 10.2 Å². The summed E-state index contributed by atoms with van der Waals surface area (Å²) >= 11 is 0. The topological polar surface area (TPSA) is 82.4 Å². The number of nitriles is 1. The Morgan fingerprint density at radius 3 is 3.00 bits per heavy atom. The van der Waals surface area contributed by atoms with Gasteiger partial charge in [-0.3, -0.25) is 14.5 Å². The highest BCUT2D eigenvalue weighted by molar-refractivity contribution is 5.80. The van der Waals surface area contributed by atoms with Crippen LogP contribution in [-0.2, 0) is 14.3 Å². The lowest BCUT2D eigenvalue weighted by atomic mass is 10.2. The summed E-state index contributed by atoms with van der Waals surface area (Å²) in [6.07, 6.45) is 1.93. The number of methoxy groups -OCH3 is 1. The number of nitrogens with one attached hydrogen (secondary N) is 1. The van der Waals surface area contributed by atoms with E-state index in [1.54, 1.807) is 0 Å². The van der Waals surface area contributed by atoms with Gasteiger partial charge < -0.3 is 10.1 Å². The molecule has 6 heteroatoms. The number of rotatable bonds is 5. The number of hydrogen-bond donors (Lipinski definition) is 1. The van der Waals surface area contributed by atoms with Crippen LogP contribution in [0.4, 0.5) is 0 Å². The maximum atomic E-state index is 11.5. The van der Waals surface area contributed by atoms with Crippen molar-refractivity contribution in [2.24, 2.45) is 0 Å². The highest BCUT2D eigenvalue weighted by atomic mass is 16.5. The molecule has 1 saturated heterocycles. The Balaban J connectivity index is 2.37. The monoisotopic (exact) mass is 239 g/mol. The molecule has 1 aliphatic heterocycles. The number of esters is 1. The molecule has 0 saturated carbocycles. The van der Waals surface area contributed by atoms with Crippen molar-refractivity contribution in [3.05, 3.63) is 0 Å². The van der Waals surface area contributed by atoms with E-state index < -0.39 is 0 Å². The van der Waals surface area contributed by atoms with Gasteiger partial charge in [-0.05, 0) is 19.4 Å². The SMILES string of the molecule is COC(=O)C1CCCN1CC(=O)NCCC#N. The summed E-state index contributed by atoms with van der Waals surface area (Å²) in [5.41, 5.74) is 0. The fourth-order valence-corrected chi connectivity index (χ4v) is 1.92.